The fourth-order valence-corrected chi connectivity index (χ4v) is 1.89. The van der Waals surface area contributed by atoms with Crippen molar-refractivity contribution in [1.29, 1.82) is 0 Å². The van der Waals surface area contributed by atoms with Gasteiger partial charge in [-0.25, -0.2) is 0 Å². The first-order valence-corrected chi connectivity index (χ1v) is 7.04. The van der Waals surface area contributed by atoms with Crippen LogP contribution in [0.1, 0.15) is 61.3 Å². The van der Waals surface area contributed by atoms with E-state index < -0.39 is 0 Å². The lowest BCUT2D eigenvalue weighted by Gasteiger charge is -2.34. The first kappa shape index (κ1) is 17.9. The number of aliphatic hydroxyl groups excluding tert-OH is 1. The van der Waals surface area contributed by atoms with E-state index in [1.807, 2.05) is 13.8 Å². The molecule has 110 valence electrons. The minimum atomic E-state index is -0.222. The standard InChI is InChI=1S/C15H32O3/c1-8-15(7,10-16)11-17-14(5,6)9-13(4)18-12(2)3/h12-13,16H,8-11H2,1-7H3. The van der Waals surface area contributed by atoms with Crippen LogP contribution < -0.4 is 0 Å². The topological polar surface area (TPSA) is 38.7 Å². The van der Waals surface area contributed by atoms with E-state index in [1.165, 1.54) is 0 Å². The van der Waals surface area contributed by atoms with Crippen molar-refractivity contribution < 1.29 is 14.6 Å². The minimum absolute atomic E-state index is 0.139. The number of hydrogen-bond acceptors (Lipinski definition) is 3. The van der Waals surface area contributed by atoms with Crippen LogP contribution in [0.5, 0.6) is 0 Å². The van der Waals surface area contributed by atoms with Gasteiger partial charge in [0.05, 0.1) is 31.0 Å². The summed E-state index contributed by atoms with van der Waals surface area (Å²) in [5.74, 6) is 0. The normalized spacial score (nSPS) is 17.8. The van der Waals surface area contributed by atoms with Gasteiger partial charge < -0.3 is 14.6 Å². The molecule has 0 aliphatic rings. The van der Waals surface area contributed by atoms with Crippen molar-refractivity contribution in [1.82, 2.24) is 0 Å². The summed E-state index contributed by atoms with van der Waals surface area (Å²) in [5.41, 5.74) is -0.362. The molecular formula is C15H32O3. The average molecular weight is 260 g/mol. The second kappa shape index (κ2) is 7.46. The van der Waals surface area contributed by atoms with Gasteiger partial charge in [-0.3, -0.25) is 0 Å². The summed E-state index contributed by atoms with van der Waals surface area (Å²) >= 11 is 0. The Labute approximate surface area is 113 Å². The van der Waals surface area contributed by atoms with Gasteiger partial charge in [-0.05, 0) is 41.0 Å². The molecule has 0 aliphatic heterocycles. The highest BCUT2D eigenvalue weighted by atomic mass is 16.5. The van der Waals surface area contributed by atoms with E-state index in [1.54, 1.807) is 0 Å². The van der Waals surface area contributed by atoms with Crippen molar-refractivity contribution in [2.24, 2.45) is 5.41 Å². The van der Waals surface area contributed by atoms with Gasteiger partial charge in [0.25, 0.3) is 0 Å². The fourth-order valence-electron chi connectivity index (χ4n) is 1.89. The Hall–Kier alpha value is -0.120. The largest absolute Gasteiger partial charge is 0.396 e. The third-order valence-corrected chi connectivity index (χ3v) is 3.33. The molecule has 1 N–H and O–H groups in total. The zero-order valence-corrected chi connectivity index (χ0v) is 13.2. The first-order valence-electron chi connectivity index (χ1n) is 7.04. The molecule has 0 heterocycles. The van der Waals surface area contributed by atoms with Gasteiger partial charge in [0.1, 0.15) is 0 Å². The predicted octanol–water partition coefficient (Wildman–Crippen LogP) is 3.39. The summed E-state index contributed by atoms with van der Waals surface area (Å²) in [5, 5.41) is 9.38. The lowest BCUT2D eigenvalue weighted by atomic mass is 9.89. The van der Waals surface area contributed by atoms with Gasteiger partial charge in [0.15, 0.2) is 0 Å². The number of hydrogen-bond donors (Lipinski definition) is 1. The van der Waals surface area contributed by atoms with Crippen LogP contribution in [0, 0.1) is 5.41 Å². The predicted molar refractivity (Wildman–Crippen MR) is 75.8 cm³/mol. The van der Waals surface area contributed by atoms with Crippen molar-refractivity contribution in [2.75, 3.05) is 13.2 Å². The molecule has 3 heteroatoms. The lowest BCUT2D eigenvalue weighted by molar-refractivity contribution is -0.103. The zero-order chi connectivity index (χ0) is 14.4. The van der Waals surface area contributed by atoms with Crippen LogP contribution in [0.25, 0.3) is 0 Å². The van der Waals surface area contributed by atoms with Crippen LogP contribution in [0.2, 0.25) is 0 Å². The van der Waals surface area contributed by atoms with Crippen molar-refractivity contribution in [3.63, 3.8) is 0 Å². The summed E-state index contributed by atoms with van der Waals surface area (Å²) in [6.07, 6.45) is 2.20. The van der Waals surface area contributed by atoms with Gasteiger partial charge in [0.2, 0.25) is 0 Å². The third-order valence-electron chi connectivity index (χ3n) is 3.33. The molecule has 3 nitrogen and oxygen atoms in total. The van der Waals surface area contributed by atoms with E-state index in [4.69, 9.17) is 9.47 Å². The summed E-state index contributed by atoms with van der Waals surface area (Å²) in [6.45, 7) is 15.2. The Kier molecular flexibility index (Phi) is 7.41. The zero-order valence-electron chi connectivity index (χ0n) is 13.2. The van der Waals surface area contributed by atoms with Crippen molar-refractivity contribution in [3.8, 4) is 0 Å². The van der Waals surface area contributed by atoms with Gasteiger partial charge in [-0.15, -0.1) is 0 Å². The molecule has 0 aromatic carbocycles. The van der Waals surface area contributed by atoms with Gasteiger partial charge in [0, 0.05) is 11.8 Å². The Morgan fingerprint density at radius 3 is 2.06 bits per heavy atom. The second-order valence-electron chi connectivity index (χ2n) is 6.57. The van der Waals surface area contributed by atoms with Crippen molar-refractivity contribution in [2.45, 2.75) is 79.1 Å². The highest BCUT2D eigenvalue weighted by Crippen LogP contribution is 2.26. The first-order chi connectivity index (χ1) is 8.14. The molecule has 0 amide bonds. The SMILES string of the molecule is CCC(C)(CO)COC(C)(C)CC(C)OC(C)C. The van der Waals surface area contributed by atoms with E-state index >= 15 is 0 Å². The summed E-state index contributed by atoms with van der Waals surface area (Å²) in [7, 11) is 0. The van der Waals surface area contributed by atoms with Crippen LogP contribution in [-0.4, -0.2) is 36.1 Å². The van der Waals surface area contributed by atoms with E-state index in [0.29, 0.717) is 6.61 Å². The van der Waals surface area contributed by atoms with Crippen molar-refractivity contribution in [3.05, 3.63) is 0 Å². The Morgan fingerprint density at radius 1 is 1.11 bits per heavy atom. The molecule has 0 rings (SSSR count). The molecule has 0 saturated heterocycles. The van der Waals surface area contributed by atoms with Crippen LogP contribution >= 0.6 is 0 Å². The molecule has 0 fully saturated rings. The fraction of sp³-hybridized carbons (Fsp3) is 1.00. The lowest BCUT2D eigenvalue weighted by Crippen LogP contribution is -2.36. The molecule has 0 radical (unpaired) electrons. The molecule has 0 saturated carbocycles. The molecule has 0 spiro atoms. The average Bonchev–Trinajstić information content (AvgIpc) is 2.24. The smallest absolute Gasteiger partial charge is 0.0651 e. The monoisotopic (exact) mass is 260 g/mol. The van der Waals surface area contributed by atoms with E-state index in [-0.39, 0.29) is 29.8 Å². The van der Waals surface area contributed by atoms with E-state index in [2.05, 4.69) is 34.6 Å². The number of aliphatic hydroxyl groups is 1. The summed E-state index contributed by atoms with van der Waals surface area (Å²) < 4.78 is 11.7. The second-order valence-corrected chi connectivity index (χ2v) is 6.57. The highest BCUT2D eigenvalue weighted by Gasteiger charge is 2.28. The molecule has 2 atom stereocenters. The van der Waals surface area contributed by atoms with Gasteiger partial charge in [-0.1, -0.05) is 13.8 Å². The summed E-state index contributed by atoms with van der Waals surface area (Å²) in [6, 6.07) is 0. The molecule has 0 aromatic rings. The van der Waals surface area contributed by atoms with Crippen LogP contribution in [-0.2, 0) is 9.47 Å². The maximum atomic E-state index is 9.38. The molecule has 18 heavy (non-hydrogen) atoms. The third kappa shape index (κ3) is 7.34. The van der Waals surface area contributed by atoms with Crippen LogP contribution in [0.3, 0.4) is 0 Å². The highest BCUT2D eigenvalue weighted by molar-refractivity contribution is 4.77. The Bertz CT molecular complexity index is 220. The molecule has 0 bridgehead atoms. The van der Waals surface area contributed by atoms with Crippen LogP contribution in [0.15, 0.2) is 0 Å². The van der Waals surface area contributed by atoms with Gasteiger partial charge >= 0.3 is 0 Å². The molecular weight excluding hydrogens is 228 g/mol. The maximum absolute atomic E-state index is 9.38. The number of ether oxygens (including phenoxy) is 2. The van der Waals surface area contributed by atoms with Crippen molar-refractivity contribution >= 4 is 0 Å². The van der Waals surface area contributed by atoms with E-state index in [0.717, 1.165) is 12.8 Å². The summed E-state index contributed by atoms with van der Waals surface area (Å²) in [4.78, 5) is 0. The minimum Gasteiger partial charge on any atom is -0.396 e. The quantitative estimate of drug-likeness (QED) is 0.690. The maximum Gasteiger partial charge on any atom is 0.0651 e. The van der Waals surface area contributed by atoms with Gasteiger partial charge in [-0.2, -0.15) is 0 Å². The molecule has 0 aliphatic carbocycles. The molecule has 0 aromatic heterocycles. The van der Waals surface area contributed by atoms with E-state index in [9.17, 15) is 5.11 Å². The molecule has 2 unspecified atom stereocenters. The Balaban J connectivity index is 4.22. The Morgan fingerprint density at radius 2 is 1.67 bits per heavy atom. The van der Waals surface area contributed by atoms with Crippen LogP contribution in [0.4, 0.5) is 0 Å². The number of rotatable bonds is 9.